The molecular formula is C20H36N2O4. The van der Waals surface area contributed by atoms with Crippen molar-refractivity contribution in [2.45, 2.75) is 83.4 Å². The second-order valence-electron chi connectivity index (χ2n) is 8.15. The highest BCUT2D eigenvalue weighted by Gasteiger charge is 2.33. The van der Waals surface area contributed by atoms with Gasteiger partial charge in [0.1, 0.15) is 0 Å². The average molecular weight is 369 g/mol. The maximum atomic E-state index is 12.6. The molecule has 0 spiro atoms. The quantitative estimate of drug-likeness (QED) is 0.698. The molecule has 0 radical (unpaired) electrons. The summed E-state index contributed by atoms with van der Waals surface area (Å²) in [7, 11) is 1.34. The zero-order valence-corrected chi connectivity index (χ0v) is 16.6. The molecule has 0 aromatic carbocycles. The van der Waals surface area contributed by atoms with E-state index >= 15 is 0 Å². The molecule has 0 aromatic heterocycles. The van der Waals surface area contributed by atoms with Crippen LogP contribution >= 0.6 is 0 Å². The number of carbonyl (C=O) groups is 2. The van der Waals surface area contributed by atoms with E-state index in [2.05, 4.69) is 18.6 Å². The molecule has 0 aromatic rings. The van der Waals surface area contributed by atoms with Crippen LogP contribution in [-0.2, 0) is 19.1 Å². The Labute approximate surface area is 157 Å². The Morgan fingerprint density at radius 3 is 2.42 bits per heavy atom. The number of nitrogens with two attached hydrogens (primary N) is 1. The van der Waals surface area contributed by atoms with E-state index in [1.807, 2.05) is 4.90 Å². The lowest BCUT2D eigenvalue weighted by Crippen LogP contribution is -2.56. The lowest BCUT2D eigenvalue weighted by atomic mass is 9.80. The number of amides is 1. The van der Waals surface area contributed by atoms with Gasteiger partial charge in [0.15, 0.2) is 0 Å². The van der Waals surface area contributed by atoms with E-state index in [9.17, 15) is 9.59 Å². The van der Waals surface area contributed by atoms with Crippen molar-refractivity contribution in [1.82, 2.24) is 4.90 Å². The molecule has 1 aliphatic heterocycles. The van der Waals surface area contributed by atoms with Crippen molar-refractivity contribution in [3.63, 3.8) is 0 Å². The molecule has 26 heavy (non-hydrogen) atoms. The fraction of sp³-hybridized carbons (Fsp3) is 0.900. The number of likely N-dealkylation sites (tertiary alicyclic amines) is 1. The topological polar surface area (TPSA) is 81.9 Å². The second kappa shape index (κ2) is 10.3. The van der Waals surface area contributed by atoms with Crippen LogP contribution in [0.2, 0.25) is 0 Å². The Morgan fingerprint density at radius 1 is 1.12 bits per heavy atom. The van der Waals surface area contributed by atoms with Crippen LogP contribution in [0, 0.1) is 11.8 Å². The van der Waals surface area contributed by atoms with Crippen molar-refractivity contribution in [2.75, 3.05) is 20.3 Å². The number of nitrogens with zero attached hydrogens (tertiary/aromatic N) is 1. The molecule has 2 fully saturated rings. The first-order valence-corrected chi connectivity index (χ1v) is 10.2. The normalized spacial score (nSPS) is 29.7. The number of piperidine rings is 1. The van der Waals surface area contributed by atoms with Gasteiger partial charge in [-0.3, -0.25) is 9.59 Å². The smallest absolute Gasteiger partial charge is 0.306 e. The van der Waals surface area contributed by atoms with Gasteiger partial charge in [0, 0.05) is 19.0 Å². The molecule has 1 heterocycles. The number of rotatable bonds is 7. The maximum Gasteiger partial charge on any atom is 0.306 e. The van der Waals surface area contributed by atoms with Gasteiger partial charge >= 0.3 is 5.97 Å². The molecule has 1 saturated carbocycles. The molecule has 2 atom stereocenters. The fourth-order valence-electron chi connectivity index (χ4n) is 4.22. The number of hydrogen-bond acceptors (Lipinski definition) is 5. The Morgan fingerprint density at radius 2 is 1.81 bits per heavy atom. The third kappa shape index (κ3) is 5.95. The zero-order chi connectivity index (χ0) is 19.1. The molecule has 1 amide bonds. The van der Waals surface area contributed by atoms with Crippen LogP contribution in [0.3, 0.4) is 0 Å². The monoisotopic (exact) mass is 368 g/mol. The van der Waals surface area contributed by atoms with E-state index in [-0.39, 0.29) is 42.9 Å². The molecule has 1 aliphatic carbocycles. The fourth-order valence-corrected chi connectivity index (χ4v) is 4.22. The number of hydrogen-bond donors (Lipinski definition) is 1. The third-order valence-electron chi connectivity index (χ3n) is 6.09. The molecule has 2 rings (SSSR count). The summed E-state index contributed by atoms with van der Waals surface area (Å²) >= 11 is 0. The molecule has 6 nitrogen and oxygen atoms in total. The first-order chi connectivity index (χ1) is 12.4. The van der Waals surface area contributed by atoms with Crippen LogP contribution in [0.15, 0.2) is 0 Å². The van der Waals surface area contributed by atoms with E-state index in [0.29, 0.717) is 13.2 Å². The van der Waals surface area contributed by atoms with Crippen LogP contribution < -0.4 is 5.73 Å². The van der Waals surface area contributed by atoms with Gasteiger partial charge in [0.25, 0.3) is 0 Å². The number of ether oxygens (including phenoxy) is 2. The van der Waals surface area contributed by atoms with Gasteiger partial charge in [-0.25, -0.2) is 0 Å². The summed E-state index contributed by atoms with van der Waals surface area (Å²) in [5.74, 6) is 1.17. The van der Waals surface area contributed by atoms with Gasteiger partial charge in [-0.2, -0.15) is 0 Å². The van der Waals surface area contributed by atoms with E-state index in [0.717, 1.165) is 37.5 Å². The largest absolute Gasteiger partial charge is 0.469 e. The van der Waals surface area contributed by atoms with Gasteiger partial charge in [0.2, 0.25) is 5.91 Å². The molecule has 0 bridgehead atoms. The SMILES string of the molecule is COC(=O)CCC(=O)N1CCCC(N)[C@@H]1COC1CCC(C(C)C)CC1. The lowest BCUT2D eigenvalue weighted by molar-refractivity contribution is -0.145. The van der Waals surface area contributed by atoms with Crippen LogP contribution in [0.1, 0.15) is 65.2 Å². The highest BCUT2D eigenvalue weighted by atomic mass is 16.5. The molecule has 1 unspecified atom stereocenters. The Balaban J connectivity index is 1.84. The number of esters is 1. The number of carbonyl (C=O) groups excluding carboxylic acids is 2. The highest BCUT2D eigenvalue weighted by molar-refractivity contribution is 5.81. The summed E-state index contributed by atoms with van der Waals surface area (Å²) in [6.07, 6.45) is 7.04. The average Bonchev–Trinajstić information content (AvgIpc) is 2.64. The summed E-state index contributed by atoms with van der Waals surface area (Å²) in [6, 6.07) is -0.144. The molecule has 2 aliphatic rings. The predicted octanol–water partition coefficient (Wildman–Crippen LogP) is 2.49. The zero-order valence-electron chi connectivity index (χ0n) is 16.6. The summed E-state index contributed by atoms with van der Waals surface area (Å²) < 4.78 is 10.8. The van der Waals surface area contributed by atoms with Crippen molar-refractivity contribution >= 4 is 11.9 Å². The Kier molecular flexibility index (Phi) is 8.35. The van der Waals surface area contributed by atoms with E-state index in [1.54, 1.807) is 0 Å². The van der Waals surface area contributed by atoms with Crippen molar-refractivity contribution in [2.24, 2.45) is 17.6 Å². The minimum Gasteiger partial charge on any atom is -0.469 e. The number of methoxy groups -OCH3 is 1. The standard InChI is InChI=1S/C20H36N2O4/c1-14(2)15-6-8-16(9-7-15)26-13-18-17(21)5-4-12-22(18)19(23)10-11-20(24)25-3/h14-18H,4-13,21H2,1-3H3/t15?,16?,17?,18-/m0/s1. The molecule has 2 N–H and O–H groups in total. The summed E-state index contributed by atoms with van der Waals surface area (Å²) in [4.78, 5) is 25.7. The van der Waals surface area contributed by atoms with Crippen molar-refractivity contribution in [1.29, 1.82) is 0 Å². The minimum absolute atomic E-state index is 0.0253. The van der Waals surface area contributed by atoms with Crippen molar-refractivity contribution in [3.8, 4) is 0 Å². The van der Waals surface area contributed by atoms with Crippen LogP contribution in [0.5, 0.6) is 0 Å². The van der Waals surface area contributed by atoms with Gasteiger partial charge in [-0.1, -0.05) is 13.8 Å². The van der Waals surface area contributed by atoms with E-state index in [1.165, 1.54) is 20.0 Å². The molecule has 6 heteroatoms. The van der Waals surface area contributed by atoms with Gasteiger partial charge in [-0.05, 0) is 50.4 Å². The maximum absolute atomic E-state index is 12.6. The van der Waals surface area contributed by atoms with E-state index in [4.69, 9.17) is 10.5 Å². The summed E-state index contributed by atoms with van der Waals surface area (Å²) in [5, 5.41) is 0. The van der Waals surface area contributed by atoms with Crippen LogP contribution in [0.4, 0.5) is 0 Å². The molecule has 150 valence electrons. The van der Waals surface area contributed by atoms with Crippen LogP contribution in [0.25, 0.3) is 0 Å². The Hall–Kier alpha value is -1.14. The van der Waals surface area contributed by atoms with Crippen LogP contribution in [-0.4, -0.2) is 55.2 Å². The van der Waals surface area contributed by atoms with Gasteiger partial charge in [0.05, 0.1) is 32.3 Å². The summed E-state index contributed by atoms with van der Waals surface area (Å²) in [5.41, 5.74) is 6.30. The van der Waals surface area contributed by atoms with E-state index < -0.39 is 0 Å². The predicted molar refractivity (Wildman–Crippen MR) is 100 cm³/mol. The minimum atomic E-state index is -0.352. The lowest BCUT2D eigenvalue weighted by Gasteiger charge is -2.41. The second-order valence-corrected chi connectivity index (χ2v) is 8.15. The molecule has 1 saturated heterocycles. The Bertz CT molecular complexity index is 461. The van der Waals surface area contributed by atoms with Crippen molar-refractivity contribution in [3.05, 3.63) is 0 Å². The first-order valence-electron chi connectivity index (χ1n) is 10.2. The first kappa shape index (κ1) is 21.2. The van der Waals surface area contributed by atoms with Crippen molar-refractivity contribution < 1.29 is 19.1 Å². The van der Waals surface area contributed by atoms with Gasteiger partial charge < -0.3 is 20.1 Å². The third-order valence-corrected chi connectivity index (χ3v) is 6.09. The van der Waals surface area contributed by atoms with Gasteiger partial charge in [-0.15, -0.1) is 0 Å². The molecular weight excluding hydrogens is 332 g/mol. The highest BCUT2D eigenvalue weighted by Crippen LogP contribution is 2.31. The summed E-state index contributed by atoms with van der Waals surface area (Å²) in [6.45, 7) is 5.79.